The average molecular weight is 417 g/mol. The third-order valence-electron chi connectivity index (χ3n) is 3.51. The van der Waals surface area contributed by atoms with Crippen molar-refractivity contribution >= 4 is 51.3 Å². The molecule has 2 aromatic carbocycles. The number of nitrogens with one attached hydrogen (secondary N) is 1. The van der Waals surface area contributed by atoms with Crippen LogP contribution in [0, 0.1) is 0 Å². The molecule has 0 bridgehead atoms. The molecule has 132 valence electrons. The fourth-order valence-corrected chi connectivity index (χ4v) is 2.75. The molecule has 0 saturated carbocycles. The van der Waals surface area contributed by atoms with Crippen molar-refractivity contribution in [3.8, 4) is 5.75 Å². The highest BCUT2D eigenvalue weighted by atomic mass is 79.9. The molecule has 1 aliphatic rings. The van der Waals surface area contributed by atoms with E-state index in [4.69, 9.17) is 4.74 Å². The molecule has 0 radical (unpaired) electrons. The molecule has 1 aliphatic heterocycles. The zero-order valence-electron chi connectivity index (χ0n) is 13.5. The number of benzene rings is 2. The first-order valence-electron chi connectivity index (χ1n) is 7.49. The molecule has 8 heteroatoms. The average Bonchev–Trinajstić information content (AvgIpc) is 2.85. The summed E-state index contributed by atoms with van der Waals surface area (Å²) in [6.07, 6.45) is 0.599. The van der Waals surface area contributed by atoms with Crippen molar-refractivity contribution in [2.45, 2.75) is 6.92 Å². The summed E-state index contributed by atoms with van der Waals surface area (Å²) in [7, 11) is 0. The number of amides is 3. The molecule has 0 unspecified atom stereocenters. The Bertz CT molecular complexity index is 937. The van der Waals surface area contributed by atoms with Crippen LogP contribution in [0.25, 0.3) is 6.08 Å². The fraction of sp³-hybridized carbons (Fsp3) is 0.0556. The second-order valence-electron chi connectivity index (χ2n) is 5.46. The van der Waals surface area contributed by atoms with E-state index in [2.05, 4.69) is 21.2 Å². The molecule has 7 nitrogen and oxygen atoms in total. The number of anilines is 2. The number of aromatic hydroxyl groups is 1. The maximum atomic E-state index is 12.5. The molecule has 2 aromatic rings. The molecular formula is C18H13BrN2O5. The molecule has 1 heterocycles. The Morgan fingerprint density at radius 2 is 1.88 bits per heavy atom. The zero-order chi connectivity index (χ0) is 18.8. The van der Waals surface area contributed by atoms with E-state index in [0.717, 1.165) is 4.90 Å². The Kier molecular flexibility index (Phi) is 4.77. The maximum Gasteiger partial charge on any atom is 0.427 e. The van der Waals surface area contributed by atoms with Crippen LogP contribution >= 0.6 is 15.9 Å². The summed E-state index contributed by atoms with van der Waals surface area (Å²) < 4.78 is 5.51. The van der Waals surface area contributed by atoms with Gasteiger partial charge < -0.3 is 15.2 Å². The van der Waals surface area contributed by atoms with Crippen LogP contribution in [0.1, 0.15) is 12.5 Å². The molecule has 0 aromatic heterocycles. The van der Waals surface area contributed by atoms with Crippen LogP contribution in [0.5, 0.6) is 5.75 Å². The first kappa shape index (κ1) is 17.7. The monoisotopic (exact) mass is 416 g/mol. The van der Waals surface area contributed by atoms with E-state index in [1.165, 1.54) is 31.2 Å². The van der Waals surface area contributed by atoms with Gasteiger partial charge in [-0.2, -0.15) is 0 Å². The van der Waals surface area contributed by atoms with Crippen LogP contribution in [0.2, 0.25) is 0 Å². The van der Waals surface area contributed by atoms with Crippen molar-refractivity contribution in [3.63, 3.8) is 0 Å². The normalized spacial score (nSPS) is 15.3. The summed E-state index contributed by atoms with van der Waals surface area (Å²) >= 11 is 3.18. The van der Waals surface area contributed by atoms with Crippen molar-refractivity contribution in [3.05, 3.63) is 58.3 Å². The number of cyclic esters (lactones) is 1. The molecule has 3 rings (SSSR count). The van der Waals surface area contributed by atoms with Crippen LogP contribution in [0.3, 0.4) is 0 Å². The van der Waals surface area contributed by atoms with E-state index >= 15 is 0 Å². The minimum absolute atomic E-state index is 0.0581. The molecule has 1 saturated heterocycles. The second kappa shape index (κ2) is 7.01. The van der Waals surface area contributed by atoms with Crippen molar-refractivity contribution < 1.29 is 24.2 Å². The second-order valence-corrected chi connectivity index (χ2v) is 6.31. The number of phenols is 1. The van der Waals surface area contributed by atoms with Gasteiger partial charge in [-0.1, -0.05) is 6.07 Å². The van der Waals surface area contributed by atoms with E-state index in [1.807, 2.05) is 0 Å². The quantitative estimate of drug-likeness (QED) is 0.744. The Balaban J connectivity index is 1.85. The Morgan fingerprint density at radius 3 is 2.50 bits per heavy atom. The lowest BCUT2D eigenvalue weighted by Gasteiger charge is -2.11. The lowest BCUT2D eigenvalue weighted by Crippen LogP contribution is -2.28. The summed E-state index contributed by atoms with van der Waals surface area (Å²) in [5.74, 6) is -0.896. The van der Waals surface area contributed by atoms with Gasteiger partial charge in [0.15, 0.2) is 5.76 Å². The zero-order valence-corrected chi connectivity index (χ0v) is 15.1. The van der Waals surface area contributed by atoms with Gasteiger partial charge in [0.1, 0.15) is 5.75 Å². The van der Waals surface area contributed by atoms with Crippen LogP contribution in [0.15, 0.2) is 52.7 Å². The van der Waals surface area contributed by atoms with Crippen LogP contribution in [0.4, 0.5) is 16.2 Å². The van der Waals surface area contributed by atoms with Crippen LogP contribution in [-0.2, 0) is 14.3 Å². The van der Waals surface area contributed by atoms with Crippen LogP contribution in [-0.4, -0.2) is 23.0 Å². The van der Waals surface area contributed by atoms with Gasteiger partial charge in [-0.25, -0.2) is 9.69 Å². The number of ether oxygens (including phenoxy) is 1. The summed E-state index contributed by atoms with van der Waals surface area (Å²) in [5, 5.41) is 12.1. The van der Waals surface area contributed by atoms with Crippen molar-refractivity contribution in [2.75, 3.05) is 10.2 Å². The van der Waals surface area contributed by atoms with E-state index in [0.29, 0.717) is 21.4 Å². The molecule has 3 amide bonds. The molecule has 0 atom stereocenters. The van der Waals surface area contributed by atoms with E-state index in [-0.39, 0.29) is 17.4 Å². The predicted octanol–water partition coefficient (Wildman–Crippen LogP) is 3.64. The largest absolute Gasteiger partial charge is 0.507 e. The number of rotatable bonds is 3. The highest BCUT2D eigenvalue weighted by molar-refractivity contribution is 9.10. The maximum absolute atomic E-state index is 12.5. The summed E-state index contributed by atoms with van der Waals surface area (Å²) in [4.78, 5) is 36.6. The fourth-order valence-electron chi connectivity index (χ4n) is 2.35. The molecule has 26 heavy (non-hydrogen) atoms. The minimum Gasteiger partial charge on any atom is -0.507 e. The standard InChI is InChI=1S/C18H13BrN2O5/c1-10(22)20-12-3-5-13(6-4-12)21-17(24)16(26-18(21)25)9-11-2-7-15(23)14(19)8-11/h2-9,23H,1H3,(H,20,22)/b16-9-. The highest BCUT2D eigenvalue weighted by Gasteiger charge is 2.37. The molecule has 1 fully saturated rings. The smallest absolute Gasteiger partial charge is 0.427 e. The first-order valence-corrected chi connectivity index (χ1v) is 8.28. The van der Waals surface area contributed by atoms with Gasteiger partial charge in [0.05, 0.1) is 10.2 Å². The number of carbonyl (C=O) groups excluding carboxylic acids is 3. The van der Waals surface area contributed by atoms with Gasteiger partial charge in [-0.3, -0.25) is 9.59 Å². The lowest BCUT2D eigenvalue weighted by molar-refractivity contribution is -0.115. The summed E-state index contributed by atoms with van der Waals surface area (Å²) in [6.45, 7) is 1.38. The molecule has 0 aliphatic carbocycles. The number of halogens is 1. The first-order chi connectivity index (χ1) is 12.3. The Morgan fingerprint density at radius 1 is 1.19 bits per heavy atom. The number of phenolic OH excluding ortho intramolecular Hbond substituents is 1. The number of carbonyl (C=O) groups is 3. The SMILES string of the molecule is CC(=O)Nc1ccc(N2C(=O)O/C(=C\c3ccc(O)c(Br)c3)C2=O)cc1. The Hall–Kier alpha value is -3.13. The number of nitrogens with zero attached hydrogens (tertiary/aromatic N) is 1. The van der Waals surface area contributed by atoms with Gasteiger partial charge in [0, 0.05) is 12.6 Å². The van der Waals surface area contributed by atoms with Gasteiger partial charge in [-0.05, 0) is 64.0 Å². The van der Waals surface area contributed by atoms with Crippen molar-refractivity contribution in [2.24, 2.45) is 0 Å². The minimum atomic E-state index is -0.814. The number of hydrogen-bond acceptors (Lipinski definition) is 5. The van der Waals surface area contributed by atoms with Crippen molar-refractivity contribution in [1.29, 1.82) is 0 Å². The van der Waals surface area contributed by atoms with Gasteiger partial charge in [0.25, 0.3) is 0 Å². The molecule has 2 N–H and O–H groups in total. The highest BCUT2D eigenvalue weighted by Crippen LogP contribution is 2.29. The molecule has 0 spiro atoms. The lowest BCUT2D eigenvalue weighted by atomic mass is 10.2. The van der Waals surface area contributed by atoms with Crippen LogP contribution < -0.4 is 10.2 Å². The van der Waals surface area contributed by atoms with Gasteiger partial charge in [0.2, 0.25) is 5.91 Å². The summed E-state index contributed by atoms with van der Waals surface area (Å²) in [5.41, 5.74) is 1.45. The predicted molar refractivity (Wildman–Crippen MR) is 98.5 cm³/mol. The number of hydrogen-bond donors (Lipinski definition) is 2. The van der Waals surface area contributed by atoms with E-state index in [9.17, 15) is 19.5 Å². The van der Waals surface area contributed by atoms with E-state index < -0.39 is 12.0 Å². The van der Waals surface area contributed by atoms with E-state index in [1.54, 1.807) is 24.3 Å². The third-order valence-corrected chi connectivity index (χ3v) is 4.14. The summed E-state index contributed by atoms with van der Waals surface area (Å²) in [6, 6.07) is 10.9. The Labute approximate surface area is 157 Å². The van der Waals surface area contributed by atoms with Gasteiger partial charge in [-0.15, -0.1) is 0 Å². The topological polar surface area (TPSA) is 95.9 Å². The third kappa shape index (κ3) is 3.60. The molecular weight excluding hydrogens is 404 g/mol. The number of imide groups is 1. The van der Waals surface area contributed by atoms with Crippen molar-refractivity contribution in [1.82, 2.24) is 0 Å². The van der Waals surface area contributed by atoms with Gasteiger partial charge >= 0.3 is 12.0 Å².